The summed E-state index contributed by atoms with van der Waals surface area (Å²) in [6.07, 6.45) is 2.25. The van der Waals surface area contributed by atoms with E-state index in [1.54, 1.807) is 7.11 Å². The van der Waals surface area contributed by atoms with Gasteiger partial charge in [-0.3, -0.25) is 14.6 Å². The maximum atomic E-state index is 11.7. The van der Waals surface area contributed by atoms with E-state index in [1.165, 1.54) is 13.3 Å². The van der Waals surface area contributed by atoms with Crippen molar-refractivity contribution in [2.75, 3.05) is 27.4 Å². The van der Waals surface area contributed by atoms with Crippen molar-refractivity contribution in [2.24, 2.45) is 11.5 Å². The van der Waals surface area contributed by atoms with Crippen molar-refractivity contribution >= 4 is 11.8 Å². The number of carbonyl (C=O) groups is 2. The van der Waals surface area contributed by atoms with E-state index in [-0.39, 0.29) is 11.3 Å². The molecule has 0 aliphatic heterocycles. The number of rotatable bonds is 8. The van der Waals surface area contributed by atoms with Crippen LogP contribution in [0, 0.1) is 0 Å². The molecule has 1 aromatic heterocycles. The first-order valence-electron chi connectivity index (χ1n) is 6.11. The molecule has 4 N–H and O–H groups in total. The fourth-order valence-electron chi connectivity index (χ4n) is 1.97. The Hall–Kier alpha value is -1.99. The summed E-state index contributed by atoms with van der Waals surface area (Å²) in [6, 6.07) is 0. The summed E-state index contributed by atoms with van der Waals surface area (Å²) >= 11 is 0. The van der Waals surface area contributed by atoms with Gasteiger partial charge in [0.2, 0.25) is 5.91 Å². The van der Waals surface area contributed by atoms with Crippen LogP contribution in [0.1, 0.15) is 32.0 Å². The molecule has 0 saturated carbocycles. The second-order valence-electron chi connectivity index (χ2n) is 4.20. The summed E-state index contributed by atoms with van der Waals surface area (Å²) in [5, 5.41) is 0. The van der Waals surface area contributed by atoms with Gasteiger partial charge in [-0.15, -0.1) is 0 Å². The van der Waals surface area contributed by atoms with E-state index >= 15 is 0 Å². The minimum Gasteiger partial charge on any atom is -0.384 e. The summed E-state index contributed by atoms with van der Waals surface area (Å²) in [7, 11) is 3.08. The van der Waals surface area contributed by atoms with Gasteiger partial charge in [-0.1, -0.05) is 0 Å². The maximum Gasteiger partial charge on any atom is 0.267 e. The fourth-order valence-corrected chi connectivity index (χ4v) is 1.97. The number of ether oxygens (including phenoxy) is 2. The van der Waals surface area contributed by atoms with Crippen molar-refractivity contribution in [3.05, 3.63) is 28.6 Å². The lowest BCUT2D eigenvalue weighted by Gasteiger charge is -2.14. The summed E-state index contributed by atoms with van der Waals surface area (Å²) in [6.45, 7) is 0.748. The van der Waals surface area contributed by atoms with E-state index in [4.69, 9.17) is 20.9 Å². The first-order chi connectivity index (χ1) is 9.52. The van der Waals surface area contributed by atoms with Gasteiger partial charge in [-0.25, -0.2) is 0 Å². The van der Waals surface area contributed by atoms with Crippen LogP contribution in [0.5, 0.6) is 0 Å². The smallest absolute Gasteiger partial charge is 0.267 e. The predicted octanol–water partition coefficient (Wildman–Crippen LogP) is -0.343. The molecule has 110 valence electrons. The van der Waals surface area contributed by atoms with Gasteiger partial charge in [-0.05, 0) is 24.0 Å². The molecule has 0 atom stereocenters. The zero-order valence-electron chi connectivity index (χ0n) is 11.6. The quantitative estimate of drug-likeness (QED) is 0.675. The number of pyridine rings is 1. The molecule has 0 aliphatic rings. The second-order valence-corrected chi connectivity index (χ2v) is 4.20. The summed E-state index contributed by atoms with van der Waals surface area (Å²) in [5.41, 5.74) is 12.1. The van der Waals surface area contributed by atoms with E-state index in [9.17, 15) is 9.59 Å². The van der Waals surface area contributed by atoms with Crippen LogP contribution in [-0.4, -0.2) is 44.2 Å². The maximum absolute atomic E-state index is 11.7. The minimum atomic E-state index is -0.697. The minimum absolute atomic E-state index is 0.0528. The predicted molar refractivity (Wildman–Crippen MR) is 72.4 cm³/mol. The second kappa shape index (κ2) is 7.56. The van der Waals surface area contributed by atoms with Gasteiger partial charge in [0, 0.05) is 26.0 Å². The van der Waals surface area contributed by atoms with E-state index in [1.807, 2.05) is 0 Å². The van der Waals surface area contributed by atoms with Crippen molar-refractivity contribution < 1.29 is 19.1 Å². The number of methoxy groups -OCH3 is 2. The normalized spacial score (nSPS) is 10.5. The van der Waals surface area contributed by atoms with Gasteiger partial charge in [0.15, 0.2) is 0 Å². The van der Waals surface area contributed by atoms with Crippen molar-refractivity contribution in [1.82, 2.24) is 4.98 Å². The Morgan fingerprint density at radius 2 is 1.70 bits per heavy atom. The van der Waals surface area contributed by atoms with Crippen molar-refractivity contribution in [1.29, 1.82) is 0 Å². The zero-order chi connectivity index (χ0) is 15.1. The highest BCUT2D eigenvalue weighted by atomic mass is 16.5. The Morgan fingerprint density at radius 1 is 1.10 bits per heavy atom. The molecule has 0 bridgehead atoms. The molecule has 1 heterocycles. The van der Waals surface area contributed by atoms with Crippen molar-refractivity contribution in [2.45, 2.75) is 12.8 Å². The monoisotopic (exact) mass is 281 g/mol. The number of nitrogens with zero attached hydrogens (tertiary/aromatic N) is 1. The Morgan fingerprint density at radius 3 is 2.20 bits per heavy atom. The molecular formula is C13H19N3O4. The average molecular weight is 281 g/mol. The van der Waals surface area contributed by atoms with Gasteiger partial charge in [0.05, 0.1) is 13.2 Å². The summed E-state index contributed by atoms with van der Waals surface area (Å²) in [4.78, 5) is 27.2. The molecule has 2 amide bonds. The van der Waals surface area contributed by atoms with E-state index in [2.05, 4.69) is 4.98 Å². The highest BCUT2D eigenvalue weighted by Crippen LogP contribution is 2.19. The molecule has 0 radical (unpaired) electrons. The van der Waals surface area contributed by atoms with Crippen LogP contribution in [-0.2, 0) is 22.3 Å². The SMILES string of the molecule is COCCc1cnc(C(N)=O)c(CCOC)c1C(N)=O. The molecule has 0 spiro atoms. The van der Waals surface area contributed by atoms with Crippen LogP contribution in [0.4, 0.5) is 0 Å². The lowest BCUT2D eigenvalue weighted by Crippen LogP contribution is -2.24. The van der Waals surface area contributed by atoms with Gasteiger partial charge in [-0.2, -0.15) is 0 Å². The third-order valence-electron chi connectivity index (χ3n) is 2.87. The van der Waals surface area contributed by atoms with Crippen molar-refractivity contribution in [3.63, 3.8) is 0 Å². The number of nitrogens with two attached hydrogens (primary N) is 2. The third kappa shape index (κ3) is 3.75. The number of hydrogen-bond donors (Lipinski definition) is 2. The summed E-state index contributed by atoms with van der Waals surface area (Å²) < 4.78 is 9.96. The number of amides is 2. The molecule has 0 aromatic carbocycles. The van der Waals surface area contributed by atoms with Crippen LogP contribution >= 0.6 is 0 Å². The van der Waals surface area contributed by atoms with Crippen LogP contribution in [0.2, 0.25) is 0 Å². The number of aromatic nitrogens is 1. The van der Waals surface area contributed by atoms with Gasteiger partial charge in [0.1, 0.15) is 5.69 Å². The standard InChI is InChI=1S/C13H19N3O4/c1-19-5-3-8-7-16-11(13(15)18)9(4-6-20-2)10(8)12(14)17/h7H,3-6H2,1-2H3,(H2,14,17)(H2,15,18). The van der Waals surface area contributed by atoms with E-state index < -0.39 is 11.8 Å². The molecule has 0 fully saturated rings. The topological polar surface area (TPSA) is 118 Å². The van der Waals surface area contributed by atoms with Crippen molar-refractivity contribution in [3.8, 4) is 0 Å². The first kappa shape index (κ1) is 16.1. The third-order valence-corrected chi connectivity index (χ3v) is 2.87. The van der Waals surface area contributed by atoms with Crippen LogP contribution in [0.15, 0.2) is 6.20 Å². The largest absolute Gasteiger partial charge is 0.384 e. The fraction of sp³-hybridized carbons (Fsp3) is 0.462. The van der Waals surface area contributed by atoms with Crippen LogP contribution < -0.4 is 11.5 Å². The highest BCUT2D eigenvalue weighted by molar-refractivity contribution is 6.00. The van der Waals surface area contributed by atoms with E-state index in [0.29, 0.717) is 37.2 Å². The number of carbonyl (C=O) groups excluding carboxylic acids is 2. The Labute approximate surface area is 117 Å². The lowest BCUT2D eigenvalue weighted by molar-refractivity contribution is 0.0993. The molecule has 0 unspecified atom stereocenters. The Kier molecular flexibility index (Phi) is 6.08. The molecule has 1 aromatic rings. The molecular weight excluding hydrogens is 262 g/mol. The Balaban J connectivity index is 3.35. The van der Waals surface area contributed by atoms with Crippen LogP contribution in [0.3, 0.4) is 0 Å². The zero-order valence-corrected chi connectivity index (χ0v) is 11.6. The first-order valence-corrected chi connectivity index (χ1v) is 6.11. The molecule has 7 heteroatoms. The van der Waals surface area contributed by atoms with Gasteiger partial charge >= 0.3 is 0 Å². The highest BCUT2D eigenvalue weighted by Gasteiger charge is 2.21. The van der Waals surface area contributed by atoms with Gasteiger partial charge in [0.25, 0.3) is 5.91 Å². The van der Waals surface area contributed by atoms with Crippen LogP contribution in [0.25, 0.3) is 0 Å². The van der Waals surface area contributed by atoms with E-state index in [0.717, 1.165) is 0 Å². The number of hydrogen-bond acceptors (Lipinski definition) is 5. The summed E-state index contributed by atoms with van der Waals surface area (Å²) in [5.74, 6) is -1.32. The number of primary amides is 2. The molecule has 1 rings (SSSR count). The molecule has 7 nitrogen and oxygen atoms in total. The average Bonchev–Trinajstić information content (AvgIpc) is 2.41. The van der Waals surface area contributed by atoms with Gasteiger partial charge < -0.3 is 20.9 Å². The molecule has 20 heavy (non-hydrogen) atoms. The Bertz CT molecular complexity index is 503. The lowest BCUT2D eigenvalue weighted by atomic mass is 9.96. The molecule has 0 aliphatic carbocycles. The molecule has 0 saturated heterocycles.